The Hall–Kier alpha value is -1.62. The van der Waals surface area contributed by atoms with E-state index in [1.54, 1.807) is 0 Å². The number of alkyl halides is 2. The highest BCUT2D eigenvalue weighted by Crippen LogP contribution is 2.32. The van der Waals surface area contributed by atoms with E-state index in [1.807, 2.05) is 0 Å². The maximum absolute atomic E-state index is 12.5. The van der Waals surface area contributed by atoms with Gasteiger partial charge in [0.25, 0.3) is 6.43 Å². The number of nitrogen functional groups attached to an aromatic ring is 1. The lowest BCUT2D eigenvalue weighted by atomic mass is 10.1. The van der Waals surface area contributed by atoms with E-state index in [9.17, 15) is 8.78 Å². The molecule has 2 rings (SSSR count). The van der Waals surface area contributed by atoms with Gasteiger partial charge in [-0.3, -0.25) is 0 Å². The van der Waals surface area contributed by atoms with E-state index in [2.05, 4.69) is 5.16 Å². The molecule has 0 saturated carbocycles. The van der Waals surface area contributed by atoms with Crippen molar-refractivity contribution in [3.63, 3.8) is 0 Å². The molecular weight excluding hydrogens is 238 g/mol. The van der Waals surface area contributed by atoms with E-state index in [1.165, 1.54) is 24.3 Å². The van der Waals surface area contributed by atoms with Crippen molar-refractivity contribution in [2.75, 3.05) is 5.73 Å². The van der Waals surface area contributed by atoms with Crippen molar-refractivity contribution in [2.45, 2.75) is 6.43 Å². The Morgan fingerprint density at radius 1 is 1.31 bits per heavy atom. The summed E-state index contributed by atoms with van der Waals surface area (Å²) in [6, 6.07) is 5.33. The number of nitrogens with zero attached hydrogens (tertiary/aromatic N) is 1. The molecule has 2 N–H and O–H groups in total. The molecule has 0 aliphatic carbocycles. The lowest BCUT2D eigenvalue weighted by Gasteiger charge is -2.03. The summed E-state index contributed by atoms with van der Waals surface area (Å²) in [5.74, 6) is 0.443. The van der Waals surface area contributed by atoms with Gasteiger partial charge in [0.15, 0.2) is 11.6 Å². The van der Waals surface area contributed by atoms with Crippen LogP contribution in [0, 0.1) is 0 Å². The summed E-state index contributed by atoms with van der Waals surface area (Å²) in [7, 11) is 0. The molecule has 0 radical (unpaired) electrons. The third-order valence-corrected chi connectivity index (χ3v) is 2.37. The number of anilines is 1. The second kappa shape index (κ2) is 4.09. The minimum atomic E-state index is -2.56. The fourth-order valence-corrected chi connectivity index (χ4v) is 1.49. The molecule has 84 valence electrons. The molecule has 1 heterocycles. The van der Waals surface area contributed by atoms with Crippen LogP contribution in [0.2, 0.25) is 5.02 Å². The lowest BCUT2D eigenvalue weighted by molar-refractivity contribution is 0.151. The lowest BCUT2D eigenvalue weighted by Crippen LogP contribution is -1.86. The highest BCUT2D eigenvalue weighted by atomic mass is 35.5. The molecule has 0 amide bonds. The van der Waals surface area contributed by atoms with Gasteiger partial charge in [-0.2, -0.15) is 0 Å². The molecule has 1 aromatic heterocycles. The van der Waals surface area contributed by atoms with E-state index >= 15 is 0 Å². The van der Waals surface area contributed by atoms with Gasteiger partial charge in [-0.1, -0.05) is 22.8 Å². The quantitative estimate of drug-likeness (QED) is 0.879. The summed E-state index contributed by atoms with van der Waals surface area (Å²) in [5.41, 5.74) is 5.59. The Bertz CT molecular complexity index is 513. The molecule has 0 aliphatic heterocycles. The number of hydrogen-bond donors (Lipinski definition) is 1. The van der Waals surface area contributed by atoms with E-state index in [4.69, 9.17) is 21.9 Å². The van der Waals surface area contributed by atoms with Gasteiger partial charge in [-0.25, -0.2) is 8.78 Å². The van der Waals surface area contributed by atoms with E-state index in [0.717, 1.165) is 0 Å². The number of nitrogens with two attached hydrogens (primary N) is 1. The third kappa shape index (κ3) is 1.99. The number of hydrogen-bond acceptors (Lipinski definition) is 3. The normalized spacial score (nSPS) is 11.0. The summed E-state index contributed by atoms with van der Waals surface area (Å²) in [6.45, 7) is 0. The van der Waals surface area contributed by atoms with Crippen LogP contribution < -0.4 is 5.73 Å². The summed E-state index contributed by atoms with van der Waals surface area (Å²) in [6.07, 6.45) is -2.56. The van der Waals surface area contributed by atoms with E-state index in [0.29, 0.717) is 10.6 Å². The average Bonchev–Trinajstić information content (AvgIpc) is 2.65. The Morgan fingerprint density at radius 2 is 2.06 bits per heavy atom. The Labute approximate surface area is 94.8 Å². The van der Waals surface area contributed by atoms with Crippen LogP contribution in [0.25, 0.3) is 11.3 Å². The van der Waals surface area contributed by atoms with Crippen molar-refractivity contribution in [1.82, 2.24) is 5.16 Å². The molecule has 0 aliphatic rings. The van der Waals surface area contributed by atoms with Crippen molar-refractivity contribution >= 4 is 17.4 Å². The van der Waals surface area contributed by atoms with Gasteiger partial charge < -0.3 is 10.3 Å². The van der Waals surface area contributed by atoms with Crippen LogP contribution in [-0.4, -0.2) is 5.16 Å². The second-order valence-electron chi connectivity index (χ2n) is 3.16. The smallest absolute Gasteiger partial charge is 0.263 e. The first kappa shape index (κ1) is 10.9. The molecule has 0 saturated heterocycles. The number of halogens is 3. The summed E-state index contributed by atoms with van der Waals surface area (Å²) < 4.78 is 29.8. The molecule has 0 bridgehead atoms. The molecule has 1 aromatic carbocycles. The maximum atomic E-state index is 12.5. The number of aromatic nitrogens is 1. The monoisotopic (exact) mass is 244 g/mol. The summed E-state index contributed by atoms with van der Waals surface area (Å²) >= 11 is 5.87. The molecular formula is C10H7ClF2N2O. The van der Waals surface area contributed by atoms with Crippen LogP contribution >= 0.6 is 11.6 Å². The molecule has 6 heteroatoms. The van der Waals surface area contributed by atoms with Crippen molar-refractivity contribution in [3.8, 4) is 11.3 Å². The van der Waals surface area contributed by atoms with Crippen molar-refractivity contribution in [1.29, 1.82) is 0 Å². The number of rotatable bonds is 2. The summed E-state index contributed by atoms with van der Waals surface area (Å²) in [4.78, 5) is 0. The van der Waals surface area contributed by atoms with Gasteiger partial charge in [-0.15, -0.1) is 0 Å². The molecule has 0 unspecified atom stereocenters. The number of benzene rings is 1. The van der Waals surface area contributed by atoms with Gasteiger partial charge >= 0.3 is 0 Å². The van der Waals surface area contributed by atoms with Gasteiger partial charge in [-0.05, 0) is 12.1 Å². The van der Waals surface area contributed by atoms with Gasteiger partial charge in [0.05, 0.1) is 5.02 Å². The van der Waals surface area contributed by atoms with Crippen LogP contribution in [0.1, 0.15) is 12.0 Å². The van der Waals surface area contributed by atoms with Crippen LogP contribution in [0.4, 0.5) is 14.6 Å². The molecule has 0 fully saturated rings. The molecule has 3 nitrogen and oxygen atoms in total. The third-order valence-electron chi connectivity index (χ3n) is 2.04. The molecule has 16 heavy (non-hydrogen) atoms. The first-order chi connectivity index (χ1) is 7.58. The summed E-state index contributed by atoms with van der Waals surface area (Å²) in [5, 5.41) is 3.77. The predicted octanol–water partition coefficient (Wildman–Crippen LogP) is 3.51. The Balaban J connectivity index is 2.51. The van der Waals surface area contributed by atoms with Crippen LogP contribution in [0.3, 0.4) is 0 Å². The van der Waals surface area contributed by atoms with Crippen LogP contribution in [0.15, 0.2) is 28.8 Å². The van der Waals surface area contributed by atoms with Crippen molar-refractivity contribution < 1.29 is 13.3 Å². The van der Waals surface area contributed by atoms with E-state index in [-0.39, 0.29) is 17.1 Å². The average molecular weight is 245 g/mol. The van der Waals surface area contributed by atoms with Crippen molar-refractivity contribution in [3.05, 3.63) is 34.9 Å². The fraction of sp³-hybridized carbons (Fsp3) is 0.100. The van der Waals surface area contributed by atoms with Crippen molar-refractivity contribution in [2.24, 2.45) is 0 Å². The first-order valence-corrected chi connectivity index (χ1v) is 4.76. The topological polar surface area (TPSA) is 52.0 Å². The van der Waals surface area contributed by atoms with Gasteiger partial charge in [0.2, 0.25) is 0 Å². The molecule has 0 atom stereocenters. The predicted molar refractivity (Wildman–Crippen MR) is 56.3 cm³/mol. The zero-order valence-corrected chi connectivity index (χ0v) is 8.71. The molecule has 2 aromatic rings. The maximum Gasteiger partial charge on any atom is 0.263 e. The molecule has 0 spiro atoms. The van der Waals surface area contributed by atoms with Gasteiger partial charge in [0.1, 0.15) is 0 Å². The minimum absolute atomic E-state index is 0.130. The van der Waals surface area contributed by atoms with Gasteiger partial charge in [0, 0.05) is 17.2 Å². The highest BCUT2D eigenvalue weighted by Gasteiger charge is 2.14. The largest absolute Gasteiger partial charge is 0.381 e. The van der Waals surface area contributed by atoms with Crippen LogP contribution in [0.5, 0.6) is 0 Å². The standard InChI is InChI=1S/C10H7ClF2N2O/c11-7-2-1-5(10(12)13)3-6(7)8-4-9(14)15-16-8/h1-4,10H,(H2,14,15). The minimum Gasteiger partial charge on any atom is -0.381 e. The second-order valence-corrected chi connectivity index (χ2v) is 3.56. The first-order valence-electron chi connectivity index (χ1n) is 4.38. The van der Waals surface area contributed by atoms with Crippen LogP contribution in [-0.2, 0) is 0 Å². The zero-order chi connectivity index (χ0) is 11.7. The Morgan fingerprint density at radius 3 is 2.62 bits per heavy atom. The SMILES string of the molecule is Nc1cc(-c2cc(C(F)F)ccc2Cl)on1. The fourth-order valence-electron chi connectivity index (χ4n) is 1.28. The highest BCUT2D eigenvalue weighted by molar-refractivity contribution is 6.33. The van der Waals surface area contributed by atoms with E-state index < -0.39 is 6.43 Å². The Kier molecular flexibility index (Phi) is 2.78. The zero-order valence-electron chi connectivity index (χ0n) is 7.95.